The van der Waals surface area contributed by atoms with Gasteiger partial charge in [0.2, 0.25) is 0 Å². The molecule has 4 rings (SSSR count). The number of imide groups is 1. The summed E-state index contributed by atoms with van der Waals surface area (Å²) in [6.45, 7) is 2.53. The number of carbonyl (C=O) groups excluding carboxylic acids is 2. The Morgan fingerprint density at radius 3 is 2.52 bits per heavy atom. The van der Waals surface area contributed by atoms with E-state index >= 15 is 0 Å². The van der Waals surface area contributed by atoms with Crippen molar-refractivity contribution in [3.8, 4) is 5.19 Å². The average molecular weight is 360 g/mol. The molecule has 1 aromatic carbocycles. The molecular weight excluding hydrogens is 343 g/mol. The van der Waals surface area contributed by atoms with E-state index in [9.17, 15) is 14.0 Å². The first-order chi connectivity index (χ1) is 12.1. The Kier molecular flexibility index (Phi) is 4.03. The van der Waals surface area contributed by atoms with Crippen molar-refractivity contribution in [1.29, 1.82) is 0 Å². The third-order valence-electron chi connectivity index (χ3n) is 4.50. The van der Waals surface area contributed by atoms with Crippen molar-refractivity contribution in [1.82, 2.24) is 4.98 Å². The Morgan fingerprint density at radius 2 is 1.88 bits per heavy atom. The molecule has 0 spiro atoms. The number of ether oxygens (including phenoxy) is 1. The van der Waals surface area contributed by atoms with Gasteiger partial charge in [-0.05, 0) is 44.2 Å². The van der Waals surface area contributed by atoms with Crippen molar-refractivity contribution in [2.24, 2.45) is 0 Å². The molecular formula is C18H17FN2O3S. The van der Waals surface area contributed by atoms with Crippen LogP contribution in [0.1, 0.15) is 39.0 Å². The fraction of sp³-hybridized carbons (Fsp3) is 0.389. The van der Waals surface area contributed by atoms with Crippen molar-refractivity contribution in [2.75, 3.05) is 11.5 Å². The van der Waals surface area contributed by atoms with E-state index in [2.05, 4.69) is 4.98 Å². The lowest BCUT2D eigenvalue weighted by Gasteiger charge is -2.15. The van der Waals surface area contributed by atoms with Crippen molar-refractivity contribution in [2.45, 2.75) is 39.0 Å². The first-order valence-electron chi connectivity index (χ1n) is 8.44. The maximum Gasteiger partial charge on any atom is 0.274 e. The number of benzene rings is 1. The summed E-state index contributed by atoms with van der Waals surface area (Å²) in [5.41, 5.74) is 1.59. The van der Waals surface area contributed by atoms with Crippen LogP contribution in [0.5, 0.6) is 5.19 Å². The summed E-state index contributed by atoms with van der Waals surface area (Å²) >= 11 is 1.25. The molecule has 0 saturated carbocycles. The van der Waals surface area contributed by atoms with Crippen LogP contribution in [0.4, 0.5) is 10.1 Å². The number of thiazole rings is 1. The number of rotatable bonds is 4. The highest BCUT2D eigenvalue weighted by atomic mass is 32.1. The molecule has 0 atom stereocenters. The number of nitrogens with zero attached hydrogens (tertiary/aromatic N) is 2. The van der Waals surface area contributed by atoms with Gasteiger partial charge in [-0.3, -0.25) is 9.59 Å². The minimum atomic E-state index is -0.597. The topological polar surface area (TPSA) is 59.5 Å². The Balaban J connectivity index is 1.73. The molecule has 5 nitrogen and oxygen atoms in total. The first-order valence-corrected chi connectivity index (χ1v) is 9.25. The van der Waals surface area contributed by atoms with Gasteiger partial charge in [-0.1, -0.05) is 18.3 Å². The summed E-state index contributed by atoms with van der Waals surface area (Å²) < 4.78 is 20.8. The van der Waals surface area contributed by atoms with Gasteiger partial charge >= 0.3 is 0 Å². The van der Waals surface area contributed by atoms with Crippen molar-refractivity contribution in [3.05, 3.63) is 29.1 Å². The lowest BCUT2D eigenvalue weighted by Crippen LogP contribution is -2.32. The Morgan fingerprint density at radius 1 is 1.20 bits per heavy atom. The van der Waals surface area contributed by atoms with Crippen LogP contribution in [0.2, 0.25) is 0 Å². The van der Waals surface area contributed by atoms with Crippen LogP contribution >= 0.6 is 11.3 Å². The summed E-state index contributed by atoms with van der Waals surface area (Å²) in [6.07, 6.45) is 3.80. The number of halogens is 1. The normalized spacial score (nSPS) is 17.6. The third-order valence-corrected chi connectivity index (χ3v) is 5.43. The second kappa shape index (κ2) is 6.22. The predicted molar refractivity (Wildman–Crippen MR) is 93.4 cm³/mol. The van der Waals surface area contributed by atoms with Crippen LogP contribution < -0.4 is 9.64 Å². The Labute approximate surface area is 148 Å². The van der Waals surface area contributed by atoms with Crippen LogP contribution in [0.25, 0.3) is 10.2 Å². The van der Waals surface area contributed by atoms with Crippen molar-refractivity contribution < 1.29 is 18.7 Å². The minimum Gasteiger partial charge on any atom is -0.470 e. The standard InChI is InChI=1S/C18H17FN2O3S/c1-2-7-24-18-20-13-9-14(12(19)8-15(13)25-18)21-16(22)10-5-3-4-6-11(10)17(21)23/h8-9H,2-7H2,1H3. The molecule has 2 amide bonds. The molecule has 1 aliphatic heterocycles. The van der Waals surface area contributed by atoms with Gasteiger partial charge in [-0.2, -0.15) is 0 Å². The fourth-order valence-electron chi connectivity index (χ4n) is 3.30. The van der Waals surface area contributed by atoms with E-state index < -0.39 is 17.6 Å². The van der Waals surface area contributed by atoms with Crippen LogP contribution in [0, 0.1) is 5.82 Å². The molecule has 7 heteroatoms. The Bertz CT molecular complexity index is 890. The van der Waals surface area contributed by atoms with E-state index in [0.717, 1.165) is 24.2 Å². The minimum absolute atomic E-state index is 0.0239. The quantitative estimate of drug-likeness (QED) is 0.774. The van der Waals surface area contributed by atoms with Crippen molar-refractivity contribution in [3.63, 3.8) is 0 Å². The van der Waals surface area contributed by atoms with E-state index in [-0.39, 0.29) is 5.69 Å². The van der Waals surface area contributed by atoms with E-state index in [1.807, 2.05) is 6.92 Å². The van der Waals surface area contributed by atoms with Crippen LogP contribution in [-0.2, 0) is 9.59 Å². The van der Waals surface area contributed by atoms with Gasteiger partial charge in [0.25, 0.3) is 17.0 Å². The van der Waals surface area contributed by atoms with Crippen molar-refractivity contribution >= 4 is 39.1 Å². The van der Waals surface area contributed by atoms with E-state index in [1.54, 1.807) is 0 Å². The summed E-state index contributed by atoms with van der Waals surface area (Å²) in [5, 5.41) is 0.463. The summed E-state index contributed by atoms with van der Waals surface area (Å²) in [7, 11) is 0. The molecule has 2 aliphatic rings. The number of amides is 2. The zero-order chi connectivity index (χ0) is 17.6. The molecule has 0 radical (unpaired) electrons. The van der Waals surface area contributed by atoms with Gasteiger partial charge in [-0.25, -0.2) is 14.3 Å². The molecule has 25 heavy (non-hydrogen) atoms. The molecule has 0 bridgehead atoms. The van der Waals surface area contributed by atoms with Crippen LogP contribution in [-0.4, -0.2) is 23.4 Å². The summed E-state index contributed by atoms with van der Waals surface area (Å²) in [4.78, 5) is 30.5. The molecule has 0 unspecified atom stereocenters. The highest BCUT2D eigenvalue weighted by molar-refractivity contribution is 7.20. The maximum atomic E-state index is 14.6. The fourth-order valence-corrected chi connectivity index (χ4v) is 4.14. The lowest BCUT2D eigenvalue weighted by molar-refractivity contribution is -0.120. The number of aromatic nitrogens is 1. The van der Waals surface area contributed by atoms with E-state index in [4.69, 9.17) is 4.74 Å². The third kappa shape index (κ3) is 2.63. The maximum absolute atomic E-state index is 14.6. The summed E-state index contributed by atoms with van der Waals surface area (Å²) in [5.74, 6) is -1.38. The second-order valence-electron chi connectivity index (χ2n) is 6.21. The second-order valence-corrected chi connectivity index (χ2v) is 7.20. The molecule has 1 aliphatic carbocycles. The number of fused-ring (bicyclic) bond motifs is 1. The number of hydrogen-bond donors (Lipinski definition) is 0. The molecule has 0 N–H and O–H groups in total. The Hall–Kier alpha value is -2.28. The van der Waals surface area contributed by atoms with Gasteiger partial charge < -0.3 is 4.74 Å². The van der Waals surface area contributed by atoms with Gasteiger partial charge in [0.1, 0.15) is 5.82 Å². The van der Waals surface area contributed by atoms with Crippen LogP contribution in [0.3, 0.4) is 0 Å². The largest absolute Gasteiger partial charge is 0.470 e. The molecule has 2 aromatic rings. The monoisotopic (exact) mass is 360 g/mol. The van der Waals surface area contributed by atoms with Gasteiger partial charge in [0, 0.05) is 11.1 Å². The zero-order valence-electron chi connectivity index (χ0n) is 13.8. The SMILES string of the molecule is CCCOc1nc2cc(N3C(=O)C4=C(CCCC4)C3=O)c(F)cc2s1. The number of anilines is 1. The van der Waals surface area contributed by atoms with Gasteiger partial charge in [0.05, 0.1) is 22.5 Å². The molecule has 130 valence electrons. The zero-order valence-corrected chi connectivity index (χ0v) is 14.6. The summed E-state index contributed by atoms with van der Waals surface area (Å²) in [6, 6.07) is 2.78. The highest BCUT2D eigenvalue weighted by Gasteiger charge is 2.40. The van der Waals surface area contributed by atoms with Gasteiger partial charge in [0.15, 0.2) is 0 Å². The first kappa shape index (κ1) is 16.2. The number of hydrogen-bond acceptors (Lipinski definition) is 5. The van der Waals surface area contributed by atoms with E-state index in [1.165, 1.54) is 23.5 Å². The molecule has 0 fully saturated rings. The van der Waals surface area contributed by atoms with E-state index in [0.29, 0.717) is 46.0 Å². The average Bonchev–Trinajstić information content (AvgIpc) is 3.11. The molecule has 2 heterocycles. The lowest BCUT2D eigenvalue weighted by atomic mass is 9.93. The van der Waals surface area contributed by atoms with Crippen LogP contribution in [0.15, 0.2) is 23.3 Å². The van der Waals surface area contributed by atoms with Gasteiger partial charge in [-0.15, -0.1) is 0 Å². The highest BCUT2D eigenvalue weighted by Crippen LogP contribution is 2.39. The molecule has 1 aromatic heterocycles. The number of carbonyl (C=O) groups is 2. The smallest absolute Gasteiger partial charge is 0.274 e. The molecule has 0 saturated heterocycles. The predicted octanol–water partition coefficient (Wildman–Crippen LogP) is 3.97.